The molecule has 2 rings (SSSR count). The highest BCUT2D eigenvalue weighted by Crippen LogP contribution is 2.28. The van der Waals surface area contributed by atoms with Crippen molar-refractivity contribution in [2.75, 3.05) is 0 Å². The topological polar surface area (TPSA) is 55.1 Å². The fourth-order valence-corrected chi connectivity index (χ4v) is 2.58. The predicted octanol–water partition coefficient (Wildman–Crippen LogP) is 3.90. The maximum absolute atomic E-state index is 11.1. The van der Waals surface area contributed by atoms with Crippen LogP contribution in [0.15, 0.2) is 18.2 Å². The normalized spacial score (nSPS) is 14.4. The molecule has 1 aromatic carbocycles. The Kier molecular flexibility index (Phi) is 4.12. The monoisotopic (exact) mass is 274 g/mol. The predicted molar refractivity (Wildman–Crippen MR) is 80.2 cm³/mol. The quantitative estimate of drug-likeness (QED) is 0.899. The maximum atomic E-state index is 11.1. The first-order valence-corrected chi connectivity index (χ1v) is 7.23. The molecule has 0 aliphatic rings. The van der Waals surface area contributed by atoms with Crippen LogP contribution in [0.4, 0.5) is 0 Å². The Morgan fingerprint density at radius 2 is 2.05 bits per heavy atom. The van der Waals surface area contributed by atoms with Crippen LogP contribution in [0.1, 0.15) is 56.3 Å². The van der Waals surface area contributed by atoms with Gasteiger partial charge in [-0.05, 0) is 31.0 Å². The largest absolute Gasteiger partial charge is 0.478 e. The van der Waals surface area contributed by atoms with E-state index in [0.717, 1.165) is 29.7 Å². The third-order valence-electron chi connectivity index (χ3n) is 4.20. The number of nitrogens with zero attached hydrogens (tertiary/aromatic N) is 2. The summed E-state index contributed by atoms with van der Waals surface area (Å²) in [6.07, 6.45) is 1.95. The number of imidazole rings is 1. The van der Waals surface area contributed by atoms with Crippen LogP contribution in [-0.2, 0) is 6.42 Å². The molecule has 1 aromatic heterocycles. The van der Waals surface area contributed by atoms with Gasteiger partial charge in [0.15, 0.2) is 0 Å². The summed E-state index contributed by atoms with van der Waals surface area (Å²) in [5.41, 5.74) is 2.09. The van der Waals surface area contributed by atoms with E-state index >= 15 is 0 Å². The summed E-state index contributed by atoms with van der Waals surface area (Å²) in [5, 5.41) is 9.08. The minimum atomic E-state index is -0.908. The molecule has 20 heavy (non-hydrogen) atoms. The third-order valence-corrected chi connectivity index (χ3v) is 4.20. The Balaban J connectivity index is 2.60. The van der Waals surface area contributed by atoms with E-state index in [9.17, 15) is 4.79 Å². The van der Waals surface area contributed by atoms with Crippen molar-refractivity contribution in [2.45, 2.75) is 46.6 Å². The molecule has 0 radical (unpaired) electrons. The maximum Gasteiger partial charge on any atom is 0.335 e. The summed E-state index contributed by atoms with van der Waals surface area (Å²) >= 11 is 0. The molecular formula is C16H22N2O2. The number of aromatic carboxylic acids is 1. The molecule has 4 heteroatoms. The Bertz CT molecular complexity index is 631. The van der Waals surface area contributed by atoms with Crippen LogP contribution in [0.5, 0.6) is 0 Å². The van der Waals surface area contributed by atoms with Gasteiger partial charge in [-0.3, -0.25) is 0 Å². The molecule has 0 amide bonds. The molecule has 1 N–H and O–H groups in total. The summed E-state index contributed by atoms with van der Waals surface area (Å²) in [4.78, 5) is 15.7. The minimum Gasteiger partial charge on any atom is -0.478 e. The van der Waals surface area contributed by atoms with E-state index in [1.165, 1.54) is 0 Å². The van der Waals surface area contributed by atoms with Gasteiger partial charge in [0.1, 0.15) is 5.82 Å². The Hall–Kier alpha value is -1.84. The smallest absolute Gasteiger partial charge is 0.335 e. The average molecular weight is 274 g/mol. The number of fused-ring (bicyclic) bond motifs is 1. The van der Waals surface area contributed by atoms with Crippen molar-refractivity contribution in [3.63, 3.8) is 0 Å². The first kappa shape index (κ1) is 14.6. The molecule has 0 bridgehead atoms. The lowest BCUT2D eigenvalue weighted by atomic mass is 10.00. The number of carboxylic acids is 1. The van der Waals surface area contributed by atoms with Crippen LogP contribution in [0, 0.1) is 5.92 Å². The van der Waals surface area contributed by atoms with E-state index in [-0.39, 0.29) is 0 Å². The summed E-state index contributed by atoms with van der Waals surface area (Å²) < 4.78 is 2.26. The van der Waals surface area contributed by atoms with Gasteiger partial charge in [0.25, 0.3) is 0 Å². The Morgan fingerprint density at radius 3 is 2.60 bits per heavy atom. The van der Waals surface area contributed by atoms with Crippen LogP contribution in [0.3, 0.4) is 0 Å². The molecule has 2 atom stereocenters. The van der Waals surface area contributed by atoms with E-state index in [2.05, 4.69) is 37.2 Å². The molecule has 0 saturated heterocycles. The Morgan fingerprint density at radius 1 is 1.35 bits per heavy atom. The highest BCUT2D eigenvalue weighted by atomic mass is 16.4. The van der Waals surface area contributed by atoms with E-state index < -0.39 is 5.97 Å². The van der Waals surface area contributed by atoms with Crippen molar-refractivity contribution in [1.29, 1.82) is 0 Å². The van der Waals surface area contributed by atoms with Gasteiger partial charge in [-0.1, -0.05) is 27.2 Å². The summed E-state index contributed by atoms with van der Waals surface area (Å²) in [5.74, 6) is 0.668. The summed E-state index contributed by atoms with van der Waals surface area (Å²) in [7, 11) is 0. The number of carboxylic acid groups (broad SMARTS) is 1. The van der Waals surface area contributed by atoms with E-state index in [0.29, 0.717) is 17.5 Å². The molecule has 2 unspecified atom stereocenters. The van der Waals surface area contributed by atoms with E-state index in [1.54, 1.807) is 12.1 Å². The molecule has 108 valence electrons. The number of carbonyl (C=O) groups is 1. The van der Waals surface area contributed by atoms with Crippen molar-refractivity contribution < 1.29 is 9.90 Å². The highest BCUT2D eigenvalue weighted by Gasteiger charge is 2.19. The van der Waals surface area contributed by atoms with E-state index in [4.69, 9.17) is 5.11 Å². The van der Waals surface area contributed by atoms with Crippen LogP contribution >= 0.6 is 0 Å². The van der Waals surface area contributed by atoms with Gasteiger partial charge in [-0.2, -0.15) is 0 Å². The van der Waals surface area contributed by atoms with Crippen LogP contribution in [-0.4, -0.2) is 20.6 Å². The molecule has 0 aliphatic carbocycles. The summed E-state index contributed by atoms with van der Waals surface area (Å²) in [6.45, 7) is 8.72. The van der Waals surface area contributed by atoms with Crippen molar-refractivity contribution in [3.8, 4) is 0 Å². The van der Waals surface area contributed by atoms with Gasteiger partial charge >= 0.3 is 5.97 Å². The minimum absolute atomic E-state index is 0.293. The second kappa shape index (κ2) is 5.65. The van der Waals surface area contributed by atoms with Crippen molar-refractivity contribution in [2.24, 2.45) is 5.92 Å². The Labute approximate surface area is 119 Å². The number of rotatable bonds is 5. The standard InChI is InChI=1S/C16H22N2O2/c1-5-10(3)11(4)18-14-8-7-12(16(19)20)9-13(14)17-15(18)6-2/h7-11H,5-6H2,1-4H3,(H,19,20). The number of aryl methyl sites for hydroxylation is 1. The number of hydrogen-bond acceptors (Lipinski definition) is 2. The number of hydrogen-bond donors (Lipinski definition) is 1. The molecule has 0 fully saturated rings. The van der Waals surface area contributed by atoms with Crippen LogP contribution < -0.4 is 0 Å². The fourth-order valence-electron chi connectivity index (χ4n) is 2.58. The molecule has 4 nitrogen and oxygen atoms in total. The van der Waals surface area contributed by atoms with Crippen LogP contribution in [0.2, 0.25) is 0 Å². The average Bonchev–Trinajstić information content (AvgIpc) is 2.82. The van der Waals surface area contributed by atoms with Gasteiger partial charge in [0.05, 0.1) is 16.6 Å². The molecule has 1 heterocycles. The van der Waals surface area contributed by atoms with Gasteiger partial charge in [0.2, 0.25) is 0 Å². The van der Waals surface area contributed by atoms with Crippen LogP contribution in [0.25, 0.3) is 11.0 Å². The van der Waals surface area contributed by atoms with E-state index in [1.807, 2.05) is 6.07 Å². The van der Waals surface area contributed by atoms with Gasteiger partial charge in [-0.15, -0.1) is 0 Å². The summed E-state index contributed by atoms with van der Waals surface area (Å²) in [6, 6.07) is 5.56. The molecule has 0 saturated carbocycles. The number of aromatic nitrogens is 2. The molecular weight excluding hydrogens is 252 g/mol. The molecule has 2 aromatic rings. The van der Waals surface area contributed by atoms with Gasteiger partial charge in [-0.25, -0.2) is 9.78 Å². The highest BCUT2D eigenvalue weighted by molar-refractivity contribution is 5.92. The lowest BCUT2D eigenvalue weighted by molar-refractivity contribution is 0.0697. The second-order valence-corrected chi connectivity index (χ2v) is 5.39. The first-order valence-electron chi connectivity index (χ1n) is 7.23. The van der Waals surface area contributed by atoms with Gasteiger partial charge in [0, 0.05) is 12.5 Å². The zero-order chi connectivity index (χ0) is 14.9. The first-order chi connectivity index (χ1) is 9.49. The SMILES string of the molecule is CCc1nc2cc(C(=O)O)ccc2n1C(C)C(C)CC. The molecule has 0 aliphatic heterocycles. The lowest BCUT2D eigenvalue weighted by Crippen LogP contribution is -2.15. The lowest BCUT2D eigenvalue weighted by Gasteiger charge is -2.23. The third kappa shape index (κ3) is 2.42. The van der Waals surface area contributed by atoms with Crippen molar-refractivity contribution in [1.82, 2.24) is 9.55 Å². The van der Waals surface area contributed by atoms with Crippen molar-refractivity contribution in [3.05, 3.63) is 29.6 Å². The fraction of sp³-hybridized carbons (Fsp3) is 0.500. The zero-order valence-corrected chi connectivity index (χ0v) is 12.6. The van der Waals surface area contributed by atoms with Gasteiger partial charge < -0.3 is 9.67 Å². The van der Waals surface area contributed by atoms with Crippen molar-refractivity contribution >= 4 is 17.0 Å². The molecule has 0 spiro atoms. The number of benzene rings is 1. The zero-order valence-electron chi connectivity index (χ0n) is 12.6. The second-order valence-electron chi connectivity index (χ2n) is 5.39.